The van der Waals surface area contributed by atoms with Crippen molar-refractivity contribution in [3.05, 3.63) is 29.8 Å². The van der Waals surface area contributed by atoms with Crippen molar-refractivity contribution in [3.63, 3.8) is 0 Å². The quantitative estimate of drug-likeness (QED) is 0.123. The Labute approximate surface area is 196 Å². The Hall–Kier alpha value is -3.71. The maximum atomic E-state index is 12.6. The summed E-state index contributed by atoms with van der Waals surface area (Å²) >= 11 is 0. The lowest BCUT2D eigenvalue weighted by molar-refractivity contribution is -0.141. The molecule has 4 amide bonds. The van der Waals surface area contributed by atoms with E-state index in [1.54, 1.807) is 0 Å². The first kappa shape index (κ1) is 28.3. The minimum absolute atomic E-state index is 0.0195. The zero-order chi connectivity index (χ0) is 25.7. The Kier molecular flexibility index (Phi) is 12.0. The van der Waals surface area contributed by atoms with E-state index in [1.807, 2.05) is 0 Å². The summed E-state index contributed by atoms with van der Waals surface area (Å²) in [5.74, 6) is -4.22. The first-order valence-electron chi connectivity index (χ1n) is 10.7. The molecule has 0 aliphatic rings. The summed E-state index contributed by atoms with van der Waals surface area (Å²) in [4.78, 5) is 59.4. The van der Waals surface area contributed by atoms with Crippen LogP contribution in [0.5, 0.6) is 5.75 Å². The third kappa shape index (κ3) is 10.7. The molecule has 3 unspecified atom stereocenters. The zero-order valence-corrected chi connectivity index (χ0v) is 18.7. The van der Waals surface area contributed by atoms with Crippen molar-refractivity contribution in [3.8, 4) is 5.75 Å². The number of nitrogens with one attached hydrogen (secondary N) is 3. The number of carboxylic acids is 1. The number of hydrogen-bond acceptors (Lipinski definition) is 8. The number of hydrogen-bond donors (Lipinski definition) is 8. The third-order valence-electron chi connectivity index (χ3n) is 4.77. The lowest BCUT2D eigenvalue weighted by Gasteiger charge is -2.21. The molecular formula is C21H32N6O7. The molecule has 0 spiro atoms. The van der Waals surface area contributed by atoms with Gasteiger partial charge in [0.1, 0.15) is 17.8 Å². The van der Waals surface area contributed by atoms with Gasteiger partial charge < -0.3 is 43.4 Å². The molecule has 1 aromatic carbocycles. The van der Waals surface area contributed by atoms with Crippen LogP contribution in [0.4, 0.5) is 0 Å². The number of benzene rings is 1. The number of carbonyl (C=O) groups is 5. The Morgan fingerprint density at radius 2 is 1.59 bits per heavy atom. The molecule has 0 aromatic heterocycles. The number of amides is 4. The Morgan fingerprint density at radius 1 is 0.941 bits per heavy atom. The molecule has 0 bridgehead atoms. The van der Waals surface area contributed by atoms with E-state index >= 15 is 0 Å². The van der Waals surface area contributed by atoms with Crippen molar-refractivity contribution < 1.29 is 34.2 Å². The van der Waals surface area contributed by atoms with Crippen molar-refractivity contribution in [1.29, 1.82) is 0 Å². The highest BCUT2D eigenvalue weighted by Crippen LogP contribution is 2.11. The molecule has 3 atom stereocenters. The number of phenols is 1. The van der Waals surface area contributed by atoms with Crippen molar-refractivity contribution in [2.75, 3.05) is 13.1 Å². The minimum Gasteiger partial charge on any atom is -0.508 e. The molecule has 0 fully saturated rings. The SMILES string of the molecule is NCCCCC(NC(=O)C(N)CC(N)=O)C(=O)NCC(=O)NC(Cc1ccc(O)cc1)C(=O)O. The van der Waals surface area contributed by atoms with Gasteiger partial charge in [0, 0.05) is 6.42 Å². The average Bonchev–Trinajstić information content (AvgIpc) is 2.77. The molecule has 1 rings (SSSR count). The summed E-state index contributed by atoms with van der Waals surface area (Å²) < 4.78 is 0. The topological polar surface area (TPSA) is 240 Å². The van der Waals surface area contributed by atoms with Crippen LogP contribution in [0.1, 0.15) is 31.2 Å². The molecular weight excluding hydrogens is 448 g/mol. The van der Waals surface area contributed by atoms with Crippen LogP contribution in [-0.2, 0) is 30.4 Å². The van der Waals surface area contributed by atoms with E-state index in [2.05, 4.69) is 16.0 Å². The molecule has 13 nitrogen and oxygen atoms in total. The standard InChI is InChI=1S/C21H32N6O7/c22-8-2-1-3-15(27-19(31)14(23)10-17(24)29)20(32)25-11-18(30)26-16(21(33)34)9-12-4-6-13(28)7-5-12/h4-7,14-16,28H,1-3,8-11,22-23H2,(H2,24,29)(H,25,32)(H,26,30)(H,27,31)(H,33,34). The van der Waals surface area contributed by atoms with Crippen LogP contribution < -0.4 is 33.2 Å². The number of unbranched alkanes of at least 4 members (excludes halogenated alkanes) is 1. The monoisotopic (exact) mass is 480 g/mol. The van der Waals surface area contributed by atoms with Gasteiger partial charge in [-0.1, -0.05) is 12.1 Å². The first-order chi connectivity index (χ1) is 16.0. The molecule has 0 saturated carbocycles. The summed E-state index contributed by atoms with van der Waals surface area (Å²) in [7, 11) is 0. The van der Waals surface area contributed by atoms with E-state index in [1.165, 1.54) is 24.3 Å². The summed E-state index contributed by atoms with van der Waals surface area (Å²) in [5.41, 5.74) is 16.7. The van der Waals surface area contributed by atoms with Crippen molar-refractivity contribution >= 4 is 29.6 Å². The van der Waals surface area contributed by atoms with Gasteiger partial charge in [-0.05, 0) is 43.5 Å². The molecule has 13 heteroatoms. The van der Waals surface area contributed by atoms with Gasteiger partial charge in [-0.15, -0.1) is 0 Å². The van der Waals surface area contributed by atoms with Gasteiger partial charge in [0.05, 0.1) is 19.0 Å². The van der Waals surface area contributed by atoms with Crippen LogP contribution in [0.25, 0.3) is 0 Å². The predicted molar refractivity (Wildman–Crippen MR) is 121 cm³/mol. The molecule has 0 saturated heterocycles. The Balaban J connectivity index is 2.68. The molecule has 11 N–H and O–H groups in total. The summed E-state index contributed by atoms with van der Waals surface area (Å²) in [5, 5.41) is 25.8. The number of phenolic OH excluding ortho intramolecular Hbond substituents is 1. The second kappa shape index (κ2) is 14.4. The lowest BCUT2D eigenvalue weighted by atomic mass is 10.1. The second-order valence-corrected chi connectivity index (χ2v) is 7.67. The van der Waals surface area contributed by atoms with E-state index < -0.39 is 60.7 Å². The van der Waals surface area contributed by atoms with Crippen LogP contribution >= 0.6 is 0 Å². The van der Waals surface area contributed by atoms with Crippen molar-refractivity contribution in [2.45, 2.75) is 50.2 Å². The smallest absolute Gasteiger partial charge is 0.326 e. The highest BCUT2D eigenvalue weighted by Gasteiger charge is 2.25. The van der Waals surface area contributed by atoms with E-state index in [-0.39, 0.29) is 18.6 Å². The maximum absolute atomic E-state index is 12.6. The van der Waals surface area contributed by atoms with E-state index in [4.69, 9.17) is 17.2 Å². The molecule has 34 heavy (non-hydrogen) atoms. The van der Waals surface area contributed by atoms with Gasteiger partial charge >= 0.3 is 5.97 Å². The number of carboxylic acid groups (broad SMARTS) is 1. The number of carbonyl (C=O) groups excluding carboxylic acids is 4. The Morgan fingerprint density at radius 3 is 2.15 bits per heavy atom. The summed E-state index contributed by atoms with van der Waals surface area (Å²) in [6, 6.07) is 2.30. The highest BCUT2D eigenvalue weighted by molar-refractivity contribution is 5.93. The van der Waals surface area contributed by atoms with E-state index in [0.717, 1.165) is 0 Å². The maximum Gasteiger partial charge on any atom is 0.326 e. The Bertz CT molecular complexity index is 862. The molecule has 0 aliphatic heterocycles. The average molecular weight is 481 g/mol. The molecule has 1 aromatic rings. The minimum atomic E-state index is -1.27. The van der Waals surface area contributed by atoms with Gasteiger partial charge in [-0.25, -0.2) is 4.79 Å². The van der Waals surface area contributed by atoms with Gasteiger partial charge in [0.25, 0.3) is 0 Å². The van der Waals surface area contributed by atoms with Crippen LogP contribution in [0.3, 0.4) is 0 Å². The number of aromatic hydroxyl groups is 1. The van der Waals surface area contributed by atoms with E-state index in [9.17, 15) is 34.2 Å². The van der Waals surface area contributed by atoms with Crippen LogP contribution in [-0.4, -0.2) is 71.0 Å². The summed E-state index contributed by atoms with van der Waals surface area (Å²) in [6.45, 7) is -0.154. The fourth-order valence-electron chi connectivity index (χ4n) is 2.95. The van der Waals surface area contributed by atoms with Gasteiger partial charge in [0.15, 0.2) is 0 Å². The molecule has 188 valence electrons. The molecule has 0 radical (unpaired) electrons. The molecule has 0 heterocycles. The van der Waals surface area contributed by atoms with Crippen molar-refractivity contribution in [2.24, 2.45) is 17.2 Å². The fraction of sp³-hybridized carbons (Fsp3) is 0.476. The zero-order valence-electron chi connectivity index (χ0n) is 18.7. The van der Waals surface area contributed by atoms with Crippen LogP contribution in [0.15, 0.2) is 24.3 Å². The number of aliphatic carboxylic acids is 1. The number of primary amides is 1. The largest absolute Gasteiger partial charge is 0.508 e. The predicted octanol–water partition coefficient (Wildman–Crippen LogP) is -2.56. The molecule has 0 aliphatic carbocycles. The summed E-state index contributed by atoms with van der Waals surface area (Å²) in [6.07, 6.45) is 0.858. The lowest BCUT2D eigenvalue weighted by Crippen LogP contribution is -2.54. The first-order valence-corrected chi connectivity index (χ1v) is 10.7. The van der Waals surface area contributed by atoms with Gasteiger partial charge in [-0.2, -0.15) is 0 Å². The van der Waals surface area contributed by atoms with E-state index in [0.29, 0.717) is 24.9 Å². The van der Waals surface area contributed by atoms with Crippen molar-refractivity contribution in [1.82, 2.24) is 16.0 Å². The number of nitrogens with two attached hydrogens (primary N) is 3. The van der Waals surface area contributed by atoms with Gasteiger partial charge in [-0.3, -0.25) is 19.2 Å². The normalized spacial score (nSPS) is 13.2. The van der Waals surface area contributed by atoms with Crippen LogP contribution in [0, 0.1) is 0 Å². The van der Waals surface area contributed by atoms with Crippen LogP contribution in [0.2, 0.25) is 0 Å². The fourth-order valence-corrected chi connectivity index (χ4v) is 2.95. The van der Waals surface area contributed by atoms with Gasteiger partial charge in [0.2, 0.25) is 23.6 Å². The second-order valence-electron chi connectivity index (χ2n) is 7.67. The highest BCUT2D eigenvalue weighted by atomic mass is 16.4. The third-order valence-corrected chi connectivity index (χ3v) is 4.77. The number of rotatable bonds is 15.